The highest BCUT2D eigenvalue weighted by atomic mass is 16.5. The summed E-state index contributed by atoms with van der Waals surface area (Å²) in [5.41, 5.74) is 1.99. The number of rotatable bonds is 7. The molecule has 0 bridgehead atoms. The molecule has 0 saturated carbocycles. The van der Waals surface area contributed by atoms with Gasteiger partial charge in [-0.3, -0.25) is 14.4 Å². The van der Waals surface area contributed by atoms with Crippen molar-refractivity contribution in [2.75, 3.05) is 13.7 Å². The zero-order valence-electron chi connectivity index (χ0n) is 14.6. The first-order valence-corrected chi connectivity index (χ1v) is 8.06. The van der Waals surface area contributed by atoms with E-state index in [-0.39, 0.29) is 37.1 Å². The molecule has 136 valence electrons. The summed E-state index contributed by atoms with van der Waals surface area (Å²) in [6, 6.07) is 1.04. The zero-order valence-corrected chi connectivity index (χ0v) is 14.6. The van der Waals surface area contributed by atoms with Crippen LogP contribution in [0.4, 0.5) is 0 Å². The van der Waals surface area contributed by atoms with Crippen LogP contribution in [-0.4, -0.2) is 48.0 Å². The Morgan fingerprint density at radius 1 is 1.32 bits per heavy atom. The second kappa shape index (κ2) is 7.96. The minimum absolute atomic E-state index is 0.192. The fraction of sp³-hybridized carbons (Fsp3) is 0.529. The van der Waals surface area contributed by atoms with Crippen molar-refractivity contribution in [1.82, 2.24) is 9.88 Å². The molecular weight excluding hydrogens is 328 g/mol. The van der Waals surface area contributed by atoms with Gasteiger partial charge in [-0.1, -0.05) is 0 Å². The molecule has 1 atom stereocenters. The first-order valence-electron chi connectivity index (χ1n) is 8.06. The van der Waals surface area contributed by atoms with Gasteiger partial charge < -0.3 is 19.4 Å². The van der Waals surface area contributed by atoms with Crippen molar-refractivity contribution in [1.29, 1.82) is 0 Å². The third-order valence-electron chi connectivity index (χ3n) is 4.27. The molecule has 1 saturated heterocycles. The Hall–Kier alpha value is -2.64. The van der Waals surface area contributed by atoms with E-state index in [9.17, 15) is 19.2 Å². The summed E-state index contributed by atoms with van der Waals surface area (Å²) >= 11 is 0. The number of amides is 1. The monoisotopic (exact) mass is 350 g/mol. The van der Waals surface area contributed by atoms with E-state index in [1.54, 1.807) is 13.0 Å². The number of ketones is 1. The zero-order chi connectivity index (χ0) is 18.6. The van der Waals surface area contributed by atoms with Crippen LogP contribution in [0.2, 0.25) is 0 Å². The lowest BCUT2D eigenvalue weighted by molar-refractivity contribution is -0.145. The normalized spacial score (nSPS) is 16.4. The molecule has 1 aromatic rings. The van der Waals surface area contributed by atoms with Crippen LogP contribution in [0.5, 0.6) is 0 Å². The van der Waals surface area contributed by atoms with Crippen LogP contribution < -0.4 is 5.32 Å². The molecule has 0 aliphatic carbocycles. The van der Waals surface area contributed by atoms with Crippen molar-refractivity contribution in [3.05, 3.63) is 23.0 Å². The number of carbonyl (C=O) groups excluding carboxylic acids is 4. The van der Waals surface area contributed by atoms with E-state index in [0.717, 1.165) is 5.69 Å². The number of nitrogens with one attached hydrogen (secondary N) is 1. The Bertz CT molecular complexity index is 706. The van der Waals surface area contributed by atoms with Crippen LogP contribution >= 0.6 is 0 Å². The first kappa shape index (κ1) is 18.7. The molecule has 1 aliphatic heterocycles. The van der Waals surface area contributed by atoms with Gasteiger partial charge in [0.05, 0.1) is 13.5 Å². The predicted octanol–water partition coefficient (Wildman–Crippen LogP) is 0.673. The molecular formula is C17H22N2O6. The maximum absolute atomic E-state index is 12.3. The lowest BCUT2D eigenvalue weighted by atomic mass is 10.1. The van der Waals surface area contributed by atoms with Crippen molar-refractivity contribution in [2.24, 2.45) is 0 Å². The molecule has 0 radical (unpaired) electrons. The SMILES string of the molecule is COC(=O)CCn1c(C)cc(C(=O)COC(=O)[C@@H]2CCC(=O)N2)c1C. The topological polar surface area (TPSA) is 104 Å². The molecule has 25 heavy (non-hydrogen) atoms. The summed E-state index contributed by atoms with van der Waals surface area (Å²) in [6.45, 7) is 3.63. The second-order valence-electron chi connectivity index (χ2n) is 5.95. The average molecular weight is 350 g/mol. The number of aryl methyl sites for hydroxylation is 1. The molecule has 1 N–H and O–H groups in total. The van der Waals surface area contributed by atoms with Gasteiger partial charge in [-0.05, 0) is 26.3 Å². The lowest BCUT2D eigenvalue weighted by Gasteiger charge is -2.10. The Balaban J connectivity index is 1.96. The van der Waals surface area contributed by atoms with Gasteiger partial charge in [0.15, 0.2) is 6.61 Å². The fourth-order valence-electron chi connectivity index (χ4n) is 2.84. The van der Waals surface area contributed by atoms with Gasteiger partial charge in [0, 0.05) is 29.9 Å². The van der Waals surface area contributed by atoms with Gasteiger partial charge in [0.1, 0.15) is 6.04 Å². The van der Waals surface area contributed by atoms with E-state index in [1.165, 1.54) is 7.11 Å². The van der Waals surface area contributed by atoms with Crippen LogP contribution in [0.25, 0.3) is 0 Å². The van der Waals surface area contributed by atoms with Crippen LogP contribution in [0.1, 0.15) is 41.0 Å². The van der Waals surface area contributed by atoms with E-state index in [2.05, 4.69) is 10.1 Å². The number of hydrogen-bond donors (Lipinski definition) is 1. The minimum Gasteiger partial charge on any atom is -0.469 e. The maximum atomic E-state index is 12.3. The lowest BCUT2D eigenvalue weighted by Crippen LogP contribution is -2.35. The highest BCUT2D eigenvalue weighted by molar-refractivity contribution is 5.99. The van der Waals surface area contributed by atoms with Gasteiger partial charge in [-0.25, -0.2) is 4.79 Å². The van der Waals surface area contributed by atoms with Crippen LogP contribution in [0, 0.1) is 13.8 Å². The number of methoxy groups -OCH3 is 1. The smallest absolute Gasteiger partial charge is 0.329 e. The first-order chi connectivity index (χ1) is 11.8. The van der Waals surface area contributed by atoms with Gasteiger partial charge >= 0.3 is 11.9 Å². The summed E-state index contributed by atoms with van der Waals surface area (Å²) in [5, 5.41) is 2.50. The summed E-state index contributed by atoms with van der Waals surface area (Å²) in [7, 11) is 1.33. The molecule has 1 aliphatic rings. The van der Waals surface area contributed by atoms with Crippen molar-refractivity contribution in [3.8, 4) is 0 Å². The van der Waals surface area contributed by atoms with Crippen molar-refractivity contribution >= 4 is 23.6 Å². The number of nitrogens with zero attached hydrogens (tertiary/aromatic N) is 1. The number of ether oxygens (including phenoxy) is 2. The third-order valence-corrected chi connectivity index (χ3v) is 4.27. The van der Waals surface area contributed by atoms with Crippen LogP contribution in [-0.2, 0) is 30.4 Å². The van der Waals surface area contributed by atoms with Gasteiger partial charge in [0.2, 0.25) is 11.7 Å². The fourth-order valence-corrected chi connectivity index (χ4v) is 2.84. The number of aromatic nitrogens is 1. The van der Waals surface area contributed by atoms with Gasteiger partial charge in [0.25, 0.3) is 0 Å². The number of carbonyl (C=O) groups is 4. The third kappa shape index (κ3) is 4.46. The van der Waals surface area contributed by atoms with E-state index >= 15 is 0 Å². The molecule has 0 spiro atoms. The average Bonchev–Trinajstić information content (AvgIpc) is 3.14. The van der Waals surface area contributed by atoms with Crippen molar-refractivity contribution in [3.63, 3.8) is 0 Å². The molecule has 8 nitrogen and oxygen atoms in total. The highest BCUT2D eigenvalue weighted by Gasteiger charge is 2.29. The largest absolute Gasteiger partial charge is 0.469 e. The van der Waals surface area contributed by atoms with E-state index in [1.807, 2.05) is 11.5 Å². The Morgan fingerprint density at radius 3 is 2.64 bits per heavy atom. The maximum Gasteiger partial charge on any atom is 0.329 e. The standard InChI is InChI=1S/C17H22N2O6/c1-10-8-12(11(2)19(10)7-6-16(22)24-3)14(20)9-25-17(23)13-4-5-15(21)18-13/h8,13H,4-7,9H2,1-3H3,(H,18,21)/t13-/m0/s1. The summed E-state index contributed by atoms with van der Waals surface area (Å²) in [5.74, 6) is -1.44. The van der Waals surface area contributed by atoms with Crippen molar-refractivity contribution < 1.29 is 28.7 Å². The number of esters is 2. The van der Waals surface area contributed by atoms with Gasteiger partial charge in [-0.2, -0.15) is 0 Å². The molecule has 1 amide bonds. The van der Waals surface area contributed by atoms with E-state index in [0.29, 0.717) is 24.2 Å². The Morgan fingerprint density at radius 2 is 2.04 bits per heavy atom. The molecule has 1 aromatic heterocycles. The molecule has 0 aromatic carbocycles. The molecule has 0 unspecified atom stereocenters. The Labute approximate surface area is 145 Å². The molecule has 2 heterocycles. The number of hydrogen-bond acceptors (Lipinski definition) is 6. The van der Waals surface area contributed by atoms with E-state index in [4.69, 9.17) is 4.74 Å². The minimum atomic E-state index is -0.673. The summed E-state index contributed by atoms with van der Waals surface area (Å²) in [6.07, 6.45) is 0.875. The predicted molar refractivity (Wildman–Crippen MR) is 87.0 cm³/mol. The summed E-state index contributed by atoms with van der Waals surface area (Å²) < 4.78 is 11.5. The molecule has 8 heteroatoms. The highest BCUT2D eigenvalue weighted by Crippen LogP contribution is 2.17. The van der Waals surface area contributed by atoms with Crippen LogP contribution in [0.15, 0.2) is 6.07 Å². The molecule has 2 rings (SSSR count). The van der Waals surface area contributed by atoms with Gasteiger partial charge in [-0.15, -0.1) is 0 Å². The molecule has 1 fully saturated rings. The number of Topliss-reactive ketones (excluding diaryl/α,β-unsaturated/α-hetero) is 1. The van der Waals surface area contributed by atoms with Crippen molar-refractivity contribution in [2.45, 2.75) is 45.7 Å². The second-order valence-corrected chi connectivity index (χ2v) is 5.95. The Kier molecular flexibility index (Phi) is 5.95. The van der Waals surface area contributed by atoms with E-state index < -0.39 is 12.0 Å². The quantitative estimate of drug-likeness (QED) is 0.573. The van der Waals surface area contributed by atoms with Crippen LogP contribution in [0.3, 0.4) is 0 Å². The summed E-state index contributed by atoms with van der Waals surface area (Å²) in [4.78, 5) is 46.6.